The van der Waals surface area contributed by atoms with Gasteiger partial charge in [-0.1, -0.05) is 36.4 Å². The highest BCUT2D eigenvalue weighted by molar-refractivity contribution is 5.79. The van der Waals surface area contributed by atoms with Crippen molar-refractivity contribution in [2.45, 2.75) is 0 Å². The van der Waals surface area contributed by atoms with E-state index in [2.05, 4.69) is 51.4 Å². The van der Waals surface area contributed by atoms with E-state index in [-0.39, 0.29) is 0 Å². The zero-order valence-electron chi connectivity index (χ0n) is 12.7. The van der Waals surface area contributed by atoms with Crippen molar-refractivity contribution in [2.24, 2.45) is 0 Å². The summed E-state index contributed by atoms with van der Waals surface area (Å²) in [4.78, 5) is 12.0. The van der Waals surface area contributed by atoms with Crippen LogP contribution in [0.25, 0.3) is 33.5 Å². The van der Waals surface area contributed by atoms with E-state index >= 15 is 0 Å². The van der Waals surface area contributed by atoms with Gasteiger partial charge in [0.2, 0.25) is 0 Å². The van der Waals surface area contributed by atoms with Crippen molar-refractivity contribution < 1.29 is 4.74 Å². The average molecular weight is 301 g/mol. The number of imidazole rings is 1. The SMILES string of the molecule is COc1ccc(-c2ccc(-c3nc4ccncc4[nH]3)cc2)cc1. The standard InChI is InChI=1S/C19H15N3O/c1-23-16-8-6-14(7-9-16)13-2-4-15(5-3-13)19-21-17-10-11-20-12-18(17)22-19/h2-12H,1H3,(H,21,22). The maximum Gasteiger partial charge on any atom is 0.138 e. The number of nitrogens with zero attached hydrogens (tertiary/aromatic N) is 2. The Morgan fingerprint density at radius 1 is 0.826 bits per heavy atom. The van der Waals surface area contributed by atoms with E-state index in [4.69, 9.17) is 4.74 Å². The Kier molecular flexibility index (Phi) is 3.27. The minimum atomic E-state index is 0.856. The Balaban J connectivity index is 1.66. The molecule has 0 amide bonds. The summed E-state index contributed by atoms with van der Waals surface area (Å²) in [6, 6.07) is 18.3. The predicted molar refractivity (Wildman–Crippen MR) is 91.3 cm³/mol. The summed E-state index contributed by atoms with van der Waals surface area (Å²) in [7, 11) is 1.67. The Bertz CT molecular complexity index is 907. The van der Waals surface area contributed by atoms with Crippen LogP contribution < -0.4 is 4.74 Å². The molecule has 0 radical (unpaired) electrons. The first-order valence-corrected chi connectivity index (χ1v) is 7.38. The molecular weight excluding hydrogens is 286 g/mol. The van der Waals surface area contributed by atoms with E-state index in [1.165, 1.54) is 0 Å². The van der Waals surface area contributed by atoms with Gasteiger partial charge in [-0.25, -0.2) is 4.98 Å². The summed E-state index contributed by atoms with van der Waals surface area (Å²) in [6.45, 7) is 0. The molecule has 1 N–H and O–H groups in total. The number of nitrogens with one attached hydrogen (secondary N) is 1. The zero-order chi connectivity index (χ0) is 15.6. The average Bonchev–Trinajstić information content (AvgIpc) is 3.06. The van der Waals surface area contributed by atoms with Gasteiger partial charge in [0.05, 0.1) is 24.3 Å². The largest absolute Gasteiger partial charge is 0.497 e. The number of aromatic amines is 1. The number of H-pyrrole nitrogens is 1. The number of hydrogen-bond acceptors (Lipinski definition) is 3. The van der Waals surface area contributed by atoms with Gasteiger partial charge >= 0.3 is 0 Å². The number of hydrogen-bond donors (Lipinski definition) is 1. The summed E-state index contributed by atoms with van der Waals surface area (Å²) < 4.78 is 5.19. The van der Waals surface area contributed by atoms with Crippen LogP contribution in [-0.4, -0.2) is 22.1 Å². The maximum absolute atomic E-state index is 5.19. The minimum absolute atomic E-state index is 0.856. The second-order valence-corrected chi connectivity index (χ2v) is 5.28. The summed E-state index contributed by atoms with van der Waals surface area (Å²) in [5.41, 5.74) is 5.25. The molecular formula is C19H15N3O. The van der Waals surface area contributed by atoms with Crippen molar-refractivity contribution in [2.75, 3.05) is 7.11 Å². The van der Waals surface area contributed by atoms with Crippen LogP contribution in [0.1, 0.15) is 0 Å². The van der Waals surface area contributed by atoms with Gasteiger partial charge in [-0.15, -0.1) is 0 Å². The molecule has 0 bridgehead atoms. The summed E-state index contributed by atoms with van der Waals surface area (Å²) >= 11 is 0. The van der Waals surface area contributed by atoms with Gasteiger partial charge in [-0.3, -0.25) is 4.98 Å². The van der Waals surface area contributed by atoms with Gasteiger partial charge in [0.15, 0.2) is 0 Å². The smallest absolute Gasteiger partial charge is 0.138 e. The number of pyridine rings is 1. The van der Waals surface area contributed by atoms with Crippen molar-refractivity contribution >= 4 is 11.0 Å². The molecule has 4 aromatic rings. The molecule has 0 aliphatic heterocycles. The third-order valence-electron chi connectivity index (χ3n) is 3.87. The van der Waals surface area contributed by atoms with Crippen LogP contribution in [0.3, 0.4) is 0 Å². The topological polar surface area (TPSA) is 50.8 Å². The third-order valence-corrected chi connectivity index (χ3v) is 3.87. The summed E-state index contributed by atoms with van der Waals surface area (Å²) in [6.07, 6.45) is 3.54. The number of methoxy groups -OCH3 is 1. The molecule has 23 heavy (non-hydrogen) atoms. The van der Waals surface area contributed by atoms with Crippen molar-refractivity contribution in [3.05, 3.63) is 67.0 Å². The van der Waals surface area contributed by atoms with Gasteiger partial charge in [0, 0.05) is 11.8 Å². The van der Waals surface area contributed by atoms with Crippen molar-refractivity contribution in [1.82, 2.24) is 15.0 Å². The van der Waals surface area contributed by atoms with Crippen LogP contribution in [-0.2, 0) is 0 Å². The molecule has 4 heteroatoms. The first kappa shape index (κ1) is 13.5. The van der Waals surface area contributed by atoms with Crippen molar-refractivity contribution in [3.8, 4) is 28.3 Å². The molecule has 0 atom stereocenters. The molecule has 0 unspecified atom stereocenters. The second kappa shape index (κ2) is 5.57. The van der Waals surface area contributed by atoms with Crippen LogP contribution in [0, 0.1) is 0 Å². The van der Waals surface area contributed by atoms with Crippen LogP contribution in [0.2, 0.25) is 0 Å². The fourth-order valence-corrected chi connectivity index (χ4v) is 2.60. The van der Waals surface area contributed by atoms with Crippen LogP contribution in [0.15, 0.2) is 67.0 Å². The fraction of sp³-hybridized carbons (Fsp3) is 0.0526. The van der Waals surface area contributed by atoms with Gasteiger partial charge in [0.25, 0.3) is 0 Å². The lowest BCUT2D eigenvalue weighted by Gasteiger charge is -2.04. The van der Waals surface area contributed by atoms with Gasteiger partial charge in [0.1, 0.15) is 11.6 Å². The predicted octanol–water partition coefficient (Wildman–Crippen LogP) is 4.30. The van der Waals surface area contributed by atoms with Crippen LogP contribution in [0.4, 0.5) is 0 Å². The lowest BCUT2D eigenvalue weighted by Crippen LogP contribution is -1.84. The van der Waals surface area contributed by atoms with Crippen molar-refractivity contribution in [3.63, 3.8) is 0 Å². The Labute approximate surface area is 133 Å². The van der Waals surface area contributed by atoms with E-state index in [1.54, 1.807) is 19.5 Å². The van der Waals surface area contributed by atoms with Crippen LogP contribution in [0.5, 0.6) is 5.75 Å². The molecule has 2 aromatic heterocycles. The zero-order valence-corrected chi connectivity index (χ0v) is 12.7. The monoisotopic (exact) mass is 301 g/mol. The maximum atomic E-state index is 5.19. The first-order chi connectivity index (χ1) is 11.3. The lowest BCUT2D eigenvalue weighted by atomic mass is 10.0. The molecule has 0 aliphatic rings. The molecule has 2 heterocycles. The summed E-state index contributed by atoms with van der Waals surface area (Å²) in [5.74, 6) is 1.72. The third kappa shape index (κ3) is 2.55. The van der Waals surface area contributed by atoms with E-state index in [0.29, 0.717) is 0 Å². The number of rotatable bonds is 3. The highest BCUT2D eigenvalue weighted by Crippen LogP contribution is 2.26. The van der Waals surface area contributed by atoms with Gasteiger partial charge in [-0.2, -0.15) is 0 Å². The number of fused-ring (bicyclic) bond motifs is 1. The Morgan fingerprint density at radius 3 is 2.13 bits per heavy atom. The molecule has 0 spiro atoms. The molecule has 0 saturated carbocycles. The molecule has 0 aliphatic carbocycles. The number of aromatic nitrogens is 3. The quantitative estimate of drug-likeness (QED) is 0.614. The number of benzene rings is 2. The number of ether oxygens (including phenoxy) is 1. The van der Waals surface area contributed by atoms with Crippen molar-refractivity contribution in [1.29, 1.82) is 0 Å². The van der Waals surface area contributed by atoms with Gasteiger partial charge < -0.3 is 9.72 Å². The first-order valence-electron chi connectivity index (χ1n) is 7.38. The molecule has 0 saturated heterocycles. The van der Waals surface area contributed by atoms with Crippen LogP contribution >= 0.6 is 0 Å². The molecule has 112 valence electrons. The molecule has 4 rings (SSSR count). The highest BCUT2D eigenvalue weighted by Gasteiger charge is 2.05. The van der Waals surface area contributed by atoms with E-state index in [1.807, 2.05) is 18.2 Å². The Hall–Kier alpha value is -3.14. The second-order valence-electron chi connectivity index (χ2n) is 5.28. The van der Waals surface area contributed by atoms with E-state index in [9.17, 15) is 0 Å². The van der Waals surface area contributed by atoms with E-state index in [0.717, 1.165) is 39.3 Å². The highest BCUT2D eigenvalue weighted by atomic mass is 16.5. The molecule has 4 nitrogen and oxygen atoms in total. The minimum Gasteiger partial charge on any atom is -0.497 e. The normalized spacial score (nSPS) is 10.8. The molecule has 2 aromatic carbocycles. The lowest BCUT2D eigenvalue weighted by molar-refractivity contribution is 0.415. The van der Waals surface area contributed by atoms with Gasteiger partial charge in [-0.05, 0) is 29.3 Å². The Morgan fingerprint density at radius 2 is 1.48 bits per heavy atom. The van der Waals surface area contributed by atoms with E-state index < -0.39 is 0 Å². The molecule has 0 fully saturated rings. The summed E-state index contributed by atoms with van der Waals surface area (Å²) in [5, 5.41) is 0. The fourth-order valence-electron chi connectivity index (χ4n) is 2.60.